The molecule has 0 fully saturated rings. The van der Waals surface area contributed by atoms with Gasteiger partial charge in [0.15, 0.2) is 5.78 Å². The summed E-state index contributed by atoms with van der Waals surface area (Å²) >= 11 is 1.60. The molecule has 1 unspecified atom stereocenters. The van der Waals surface area contributed by atoms with Crippen LogP contribution in [0, 0.1) is 17.6 Å². The van der Waals surface area contributed by atoms with E-state index in [0.29, 0.717) is 29.8 Å². The molecule has 5 rings (SSSR count). The molecular formula is C30H26F2N2O2S. The molecule has 1 heterocycles. The van der Waals surface area contributed by atoms with Gasteiger partial charge in [-0.1, -0.05) is 42.5 Å². The van der Waals surface area contributed by atoms with Gasteiger partial charge >= 0.3 is 0 Å². The second-order valence-corrected chi connectivity index (χ2v) is 10.3. The summed E-state index contributed by atoms with van der Waals surface area (Å²) in [6.07, 6.45) is 2.91. The molecule has 1 amide bonds. The number of carbonyl (C=O) groups excluding carboxylic acids is 2. The smallest absolute Gasteiger partial charge is 0.234 e. The summed E-state index contributed by atoms with van der Waals surface area (Å²) < 4.78 is 27.8. The number of hydrogen-bond acceptors (Lipinski definition) is 4. The molecule has 3 atom stereocenters. The number of ketones is 1. The number of halogens is 2. The fraction of sp³-hybridized carbons (Fsp3) is 0.233. The summed E-state index contributed by atoms with van der Waals surface area (Å²) in [5.74, 6) is -3.47. The van der Waals surface area contributed by atoms with Crippen LogP contribution in [0.1, 0.15) is 42.7 Å². The summed E-state index contributed by atoms with van der Waals surface area (Å²) in [6.45, 7) is 1.77. The fourth-order valence-electron chi connectivity index (χ4n) is 5.33. The largest absolute Gasteiger partial charge is 0.323 e. The molecule has 0 saturated heterocycles. The van der Waals surface area contributed by atoms with Crippen LogP contribution < -0.4 is 5.32 Å². The van der Waals surface area contributed by atoms with Crippen molar-refractivity contribution in [3.8, 4) is 0 Å². The van der Waals surface area contributed by atoms with Crippen LogP contribution in [0.15, 0.2) is 94.0 Å². The SMILES string of the molecule is CSc1ccc([C@H]2C3=C(C[C@@H](c4ccccc4)CC3=O)N=C(C)C2C(=O)Nc2ccc(F)cc2F)cc1. The number of Topliss-reactive ketones (excluding diaryl/α,β-unsaturated/α-hetero) is 1. The zero-order valence-corrected chi connectivity index (χ0v) is 21.3. The number of amides is 1. The van der Waals surface area contributed by atoms with E-state index in [2.05, 4.69) is 5.32 Å². The van der Waals surface area contributed by atoms with Crippen LogP contribution in [0.3, 0.4) is 0 Å². The van der Waals surface area contributed by atoms with E-state index in [4.69, 9.17) is 4.99 Å². The Labute approximate surface area is 218 Å². The van der Waals surface area contributed by atoms with Gasteiger partial charge in [0.2, 0.25) is 5.91 Å². The van der Waals surface area contributed by atoms with Crippen LogP contribution in [0.5, 0.6) is 0 Å². The maximum atomic E-state index is 14.4. The number of aliphatic imine (C=N–C) groups is 1. The summed E-state index contributed by atoms with van der Waals surface area (Å²) in [5.41, 5.74) is 3.61. The minimum atomic E-state index is -0.862. The first-order valence-electron chi connectivity index (χ1n) is 12.1. The standard InChI is InChI=1S/C30H26F2N2O2S/c1-17-27(30(36)34-24-13-10-21(31)16-23(24)32)28(19-8-11-22(37-2)12-9-19)29-25(33-17)14-20(15-26(29)35)18-6-4-3-5-7-18/h3-13,16,20,27-28H,14-15H2,1-2H3,(H,34,36)/t20-,27?,28-/m1/s1. The predicted octanol–water partition coefficient (Wildman–Crippen LogP) is 6.90. The maximum absolute atomic E-state index is 14.4. The van der Waals surface area contributed by atoms with Gasteiger partial charge in [-0.25, -0.2) is 8.78 Å². The van der Waals surface area contributed by atoms with Crippen molar-refractivity contribution < 1.29 is 18.4 Å². The van der Waals surface area contributed by atoms with E-state index in [-0.39, 0.29) is 17.4 Å². The zero-order chi connectivity index (χ0) is 26.1. The molecule has 3 aromatic rings. The third-order valence-electron chi connectivity index (χ3n) is 7.11. The molecule has 2 aliphatic rings. The lowest BCUT2D eigenvalue weighted by Crippen LogP contribution is -2.39. The van der Waals surface area contributed by atoms with Gasteiger partial charge in [-0.15, -0.1) is 11.8 Å². The molecular weight excluding hydrogens is 490 g/mol. The Hall–Kier alpha value is -3.58. The average Bonchev–Trinajstić information content (AvgIpc) is 2.90. The summed E-state index contributed by atoms with van der Waals surface area (Å²) in [7, 11) is 0. The number of nitrogens with zero attached hydrogens (tertiary/aromatic N) is 1. The van der Waals surface area contributed by atoms with E-state index < -0.39 is 29.4 Å². The maximum Gasteiger partial charge on any atom is 0.234 e. The van der Waals surface area contributed by atoms with Gasteiger partial charge in [-0.2, -0.15) is 0 Å². The summed E-state index contributed by atoms with van der Waals surface area (Å²) in [4.78, 5) is 33.1. The van der Waals surface area contributed by atoms with E-state index in [1.54, 1.807) is 18.7 Å². The lowest BCUT2D eigenvalue weighted by atomic mass is 9.69. The van der Waals surface area contributed by atoms with Gasteiger partial charge in [-0.3, -0.25) is 14.6 Å². The van der Waals surface area contributed by atoms with E-state index in [1.165, 1.54) is 6.07 Å². The molecule has 4 nitrogen and oxygen atoms in total. The Morgan fingerprint density at radius 2 is 1.70 bits per heavy atom. The van der Waals surface area contributed by atoms with Gasteiger partial charge < -0.3 is 5.32 Å². The molecule has 1 aliphatic heterocycles. The molecule has 1 aliphatic carbocycles. The molecule has 7 heteroatoms. The monoisotopic (exact) mass is 516 g/mol. The van der Waals surface area contributed by atoms with Crippen LogP contribution in [0.4, 0.5) is 14.5 Å². The van der Waals surface area contributed by atoms with Gasteiger partial charge in [0.25, 0.3) is 0 Å². The highest BCUT2D eigenvalue weighted by Gasteiger charge is 2.44. The third-order valence-corrected chi connectivity index (χ3v) is 7.85. The molecule has 188 valence electrons. The van der Waals surface area contributed by atoms with Crippen molar-refractivity contribution in [2.45, 2.75) is 36.5 Å². The number of benzene rings is 3. The number of hydrogen-bond donors (Lipinski definition) is 1. The van der Waals surface area contributed by atoms with Crippen LogP contribution in [0.25, 0.3) is 0 Å². The highest BCUT2D eigenvalue weighted by atomic mass is 32.2. The molecule has 0 spiro atoms. The number of thioether (sulfide) groups is 1. The fourth-order valence-corrected chi connectivity index (χ4v) is 5.74. The lowest BCUT2D eigenvalue weighted by Gasteiger charge is -2.37. The van der Waals surface area contributed by atoms with Crippen molar-refractivity contribution in [2.24, 2.45) is 10.9 Å². The summed E-state index contributed by atoms with van der Waals surface area (Å²) in [6, 6.07) is 20.7. The summed E-state index contributed by atoms with van der Waals surface area (Å²) in [5, 5.41) is 2.61. The van der Waals surface area contributed by atoms with Gasteiger partial charge in [0.1, 0.15) is 11.6 Å². The van der Waals surface area contributed by atoms with Crippen LogP contribution >= 0.6 is 11.8 Å². The number of carbonyl (C=O) groups is 2. The number of anilines is 1. The number of rotatable bonds is 5. The molecule has 0 radical (unpaired) electrons. The Balaban J connectivity index is 1.56. The second-order valence-electron chi connectivity index (χ2n) is 9.39. The van der Waals surface area contributed by atoms with E-state index >= 15 is 0 Å². The molecule has 0 aromatic heterocycles. The Kier molecular flexibility index (Phi) is 7.07. The first-order chi connectivity index (χ1) is 17.9. The first kappa shape index (κ1) is 25.1. The molecule has 0 bridgehead atoms. The van der Waals surface area contributed by atoms with Crippen molar-refractivity contribution in [1.82, 2.24) is 0 Å². The van der Waals surface area contributed by atoms with E-state index in [0.717, 1.165) is 28.2 Å². The van der Waals surface area contributed by atoms with Crippen molar-refractivity contribution in [3.05, 3.63) is 107 Å². The van der Waals surface area contributed by atoms with Gasteiger partial charge in [-0.05, 0) is 60.9 Å². The zero-order valence-electron chi connectivity index (χ0n) is 20.5. The van der Waals surface area contributed by atoms with Gasteiger partial charge in [0.05, 0.1) is 11.6 Å². The van der Waals surface area contributed by atoms with Crippen molar-refractivity contribution in [3.63, 3.8) is 0 Å². The predicted molar refractivity (Wildman–Crippen MR) is 143 cm³/mol. The molecule has 3 aromatic carbocycles. The third kappa shape index (κ3) is 5.01. The van der Waals surface area contributed by atoms with E-state index in [9.17, 15) is 18.4 Å². The molecule has 0 saturated carbocycles. The van der Waals surface area contributed by atoms with Crippen molar-refractivity contribution >= 4 is 34.9 Å². The average molecular weight is 517 g/mol. The molecule has 37 heavy (non-hydrogen) atoms. The Morgan fingerprint density at radius 3 is 2.38 bits per heavy atom. The van der Waals surface area contributed by atoms with Crippen LogP contribution in [0.2, 0.25) is 0 Å². The highest BCUT2D eigenvalue weighted by molar-refractivity contribution is 7.98. The van der Waals surface area contributed by atoms with Crippen LogP contribution in [-0.2, 0) is 9.59 Å². The quantitative estimate of drug-likeness (QED) is 0.375. The topological polar surface area (TPSA) is 58.5 Å². The first-order valence-corrected chi connectivity index (χ1v) is 13.3. The lowest BCUT2D eigenvalue weighted by molar-refractivity contribution is -0.119. The minimum absolute atomic E-state index is 0.0159. The minimum Gasteiger partial charge on any atom is -0.323 e. The Morgan fingerprint density at radius 1 is 0.973 bits per heavy atom. The van der Waals surface area contributed by atoms with Crippen molar-refractivity contribution in [2.75, 3.05) is 11.6 Å². The normalized spacial score (nSPS) is 21.4. The Bertz CT molecular complexity index is 1420. The van der Waals surface area contributed by atoms with Gasteiger partial charge in [0, 0.05) is 40.3 Å². The second kappa shape index (κ2) is 10.4. The molecule has 1 N–H and O–H groups in total. The highest BCUT2D eigenvalue weighted by Crippen LogP contribution is 2.47. The number of nitrogens with one attached hydrogen (secondary N) is 1. The number of allylic oxidation sites excluding steroid dienone is 2. The van der Waals surface area contributed by atoms with E-state index in [1.807, 2.05) is 60.9 Å². The van der Waals surface area contributed by atoms with Crippen molar-refractivity contribution in [1.29, 1.82) is 0 Å². The van der Waals surface area contributed by atoms with Crippen LogP contribution in [-0.4, -0.2) is 23.7 Å².